The Morgan fingerprint density at radius 2 is 2.43 bits per heavy atom. The van der Waals surface area contributed by atoms with Crippen molar-refractivity contribution in [2.24, 2.45) is 5.11 Å². The van der Waals surface area contributed by atoms with Gasteiger partial charge in [-0.2, -0.15) is 0 Å². The van der Waals surface area contributed by atoms with Gasteiger partial charge in [0.2, 0.25) is 0 Å². The van der Waals surface area contributed by atoms with Crippen LogP contribution >= 0.6 is 0 Å². The van der Waals surface area contributed by atoms with Crippen molar-refractivity contribution in [3.05, 3.63) is 40.3 Å². The zero-order valence-corrected chi connectivity index (χ0v) is 7.85. The van der Waals surface area contributed by atoms with Gasteiger partial charge in [0.15, 0.2) is 0 Å². The molecule has 0 saturated carbocycles. The smallest absolute Gasteiger partial charge is 0.0378 e. The van der Waals surface area contributed by atoms with Crippen molar-refractivity contribution in [1.82, 2.24) is 5.32 Å². The van der Waals surface area contributed by atoms with Gasteiger partial charge in [-0.05, 0) is 36.5 Å². The Bertz CT molecular complexity index is 362. The maximum atomic E-state index is 8.32. The fourth-order valence-corrected chi connectivity index (χ4v) is 1.82. The number of benzene rings is 1. The van der Waals surface area contributed by atoms with Crippen molar-refractivity contribution in [3.63, 3.8) is 0 Å². The van der Waals surface area contributed by atoms with E-state index in [0.717, 1.165) is 6.54 Å². The van der Waals surface area contributed by atoms with Gasteiger partial charge in [0.1, 0.15) is 0 Å². The van der Waals surface area contributed by atoms with Crippen molar-refractivity contribution in [3.8, 4) is 0 Å². The molecule has 1 atom stereocenters. The van der Waals surface area contributed by atoms with Crippen LogP contribution in [0.1, 0.15) is 24.4 Å². The summed E-state index contributed by atoms with van der Waals surface area (Å²) < 4.78 is 0. The lowest BCUT2D eigenvalue weighted by atomic mass is 10.1. The second-order valence-corrected chi connectivity index (χ2v) is 3.43. The molecule has 2 rings (SSSR count). The average Bonchev–Trinajstić information content (AvgIpc) is 2.71. The molecule has 1 aliphatic heterocycles. The largest absolute Gasteiger partial charge is 0.310 e. The summed E-state index contributed by atoms with van der Waals surface area (Å²) in [6.07, 6.45) is 2.39. The van der Waals surface area contributed by atoms with E-state index in [1.165, 1.54) is 18.4 Å². The number of azide groups is 1. The van der Waals surface area contributed by atoms with Crippen LogP contribution in [0.25, 0.3) is 10.4 Å². The molecular formula is C10H12N4. The van der Waals surface area contributed by atoms with Gasteiger partial charge < -0.3 is 5.32 Å². The molecule has 0 spiro atoms. The summed E-state index contributed by atoms with van der Waals surface area (Å²) in [6.45, 7) is 1.08. The number of rotatable bonds is 2. The number of hydrogen-bond acceptors (Lipinski definition) is 2. The standard InChI is InChI=1S/C10H12N4/c11-14-13-9-4-1-3-8(7-9)10-5-2-6-12-10/h1,3-4,7,10,12H,2,5-6H2. The SMILES string of the molecule is [N-]=[N+]=Nc1cccc(C2CCCN2)c1. The average molecular weight is 188 g/mol. The van der Waals surface area contributed by atoms with Crippen molar-refractivity contribution in [2.45, 2.75) is 18.9 Å². The summed E-state index contributed by atoms with van der Waals surface area (Å²) in [4.78, 5) is 2.78. The van der Waals surface area contributed by atoms with Gasteiger partial charge in [-0.3, -0.25) is 0 Å². The lowest BCUT2D eigenvalue weighted by Gasteiger charge is -2.10. The molecule has 0 radical (unpaired) electrons. The summed E-state index contributed by atoms with van der Waals surface area (Å²) in [6, 6.07) is 8.20. The summed E-state index contributed by atoms with van der Waals surface area (Å²) in [5.74, 6) is 0. The Kier molecular flexibility index (Phi) is 2.68. The van der Waals surface area contributed by atoms with Gasteiger partial charge in [-0.1, -0.05) is 23.3 Å². The zero-order chi connectivity index (χ0) is 9.80. The van der Waals surface area contributed by atoms with Crippen LogP contribution in [0.4, 0.5) is 5.69 Å². The van der Waals surface area contributed by atoms with E-state index >= 15 is 0 Å². The highest BCUT2D eigenvalue weighted by Crippen LogP contribution is 2.25. The first-order valence-corrected chi connectivity index (χ1v) is 4.78. The van der Waals surface area contributed by atoms with E-state index in [2.05, 4.69) is 21.4 Å². The van der Waals surface area contributed by atoms with E-state index in [4.69, 9.17) is 5.53 Å². The quantitative estimate of drug-likeness (QED) is 0.432. The Balaban J connectivity index is 2.24. The van der Waals surface area contributed by atoms with Gasteiger partial charge in [0, 0.05) is 16.6 Å². The third-order valence-electron chi connectivity index (χ3n) is 2.49. The molecule has 0 amide bonds. The monoisotopic (exact) mass is 188 g/mol. The molecule has 0 aliphatic carbocycles. The molecule has 4 heteroatoms. The van der Waals surface area contributed by atoms with Crippen LogP contribution in [0.2, 0.25) is 0 Å². The van der Waals surface area contributed by atoms with Crippen molar-refractivity contribution < 1.29 is 0 Å². The second kappa shape index (κ2) is 4.13. The van der Waals surface area contributed by atoms with Crippen molar-refractivity contribution >= 4 is 5.69 Å². The molecule has 1 unspecified atom stereocenters. The number of nitrogens with one attached hydrogen (secondary N) is 1. The molecule has 1 aromatic rings. The minimum absolute atomic E-state index is 0.434. The molecule has 0 aromatic heterocycles. The van der Waals surface area contributed by atoms with E-state index in [-0.39, 0.29) is 0 Å². The Hall–Kier alpha value is -1.51. The van der Waals surface area contributed by atoms with Gasteiger partial charge in [0.25, 0.3) is 0 Å². The summed E-state index contributed by atoms with van der Waals surface area (Å²) >= 11 is 0. The fraction of sp³-hybridized carbons (Fsp3) is 0.400. The summed E-state index contributed by atoms with van der Waals surface area (Å²) in [5, 5.41) is 7.00. The molecule has 14 heavy (non-hydrogen) atoms. The topological polar surface area (TPSA) is 60.8 Å². The van der Waals surface area contributed by atoms with Crippen LogP contribution in [-0.2, 0) is 0 Å². The van der Waals surface area contributed by atoms with Crippen LogP contribution < -0.4 is 5.32 Å². The molecule has 1 N–H and O–H groups in total. The lowest BCUT2D eigenvalue weighted by molar-refractivity contribution is 0.648. The van der Waals surface area contributed by atoms with Gasteiger partial charge in [-0.15, -0.1) is 0 Å². The third-order valence-corrected chi connectivity index (χ3v) is 2.49. The minimum Gasteiger partial charge on any atom is -0.310 e. The molecule has 1 fully saturated rings. The molecule has 4 nitrogen and oxygen atoms in total. The minimum atomic E-state index is 0.434. The second-order valence-electron chi connectivity index (χ2n) is 3.43. The van der Waals surface area contributed by atoms with Gasteiger partial charge >= 0.3 is 0 Å². The third kappa shape index (κ3) is 1.87. The summed E-state index contributed by atoms with van der Waals surface area (Å²) in [7, 11) is 0. The molecule has 1 aliphatic rings. The van der Waals surface area contributed by atoms with Crippen LogP contribution in [0.3, 0.4) is 0 Å². The van der Waals surface area contributed by atoms with E-state index in [9.17, 15) is 0 Å². The predicted molar refractivity (Wildman–Crippen MR) is 55.2 cm³/mol. The fourth-order valence-electron chi connectivity index (χ4n) is 1.82. The molecule has 0 bridgehead atoms. The Morgan fingerprint density at radius 1 is 1.50 bits per heavy atom. The first-order chi connectivity index (χ1) is 6.90. The summed E-state index contributed by atoms with van der Waals surface area (Å²) in [5.41, 5.74) is 10.2. The van der Waals surface area contributed by atoms with Crippen LogP contribution in [-0.4, -0.2) is 6.54 Å². The Labute approximate surface area is 82.6 Å². The van der Waals surface area contributed by atoms with E-state index < -0.39 is 0 Å². The van der Waals surface area contributed by atoms with E-state index in [1.807, 2.05) is 18.2 Å². The highest BCUT2D eigenvalue weighted by Gasteiger charge is 2.15. The first kappa shape index (κ1) is 9.06. The highest BCUT2D eigenvalue weighted by molar-refractivity contribution is 5.41. The molecule has 1 saturated heterocycles. The van der Waals surface area contributed by atoms with Crippen LogP contribution in [0.15, 0.2) is 29.4 Å². The van der Waals surface area contributed by atoms with Crippen LogP contribution in [0.5, 0.6) is 0 Å². The lowest BCUT2D eigenvalue weighted by Crippen LogP contribution is -2.12. The number of nitrogens with zero attached hydrogens (tertiary/aromatic N) is 3. The molecule has 1 aromatic carbocycles. The number of hydrogen-bond donors (Lipinski definition) is 1. The maximum Gasteiger partial charge on any atom is 0.0378 e. The predicted octanol–water partition coefficient (Wildman–Crippen LogP) is 3.05. The van der Waals surface area contributed by atoms with Gasteiger partial charge in [-0.25, -0.2) is 0 Å². The molecule has 72 valence electrons. The van der Waals surface area contributed by atoms with Crippen molar-refractivity contribution in [2.75, 3.05) is 6.54 Å². The first-order valence-electron chi connectivity index (χ1n) is 4.78. The van der Waals surface area contributed by atoms with E-state index in [1.54, 1.807) is 0 Å². The zero-order valence-electron chi connectivity index (χ0n) is 7.85. The maximum absolute atomic E-state index is 8.32. The molecule has 1 heterocycles. The normalized spacial score (nSPS) is 20.4. The molecular weight excluding hydrogens is 176 g/mol. The highest BCUT2D eigenvalue weighted by atomic mass is 15.1. The van der Waals surface area contributed by atoms with E-state index in [0.29, 0.717) is 11.7 Å². The van der Waals surface area contributed by atoms with Crippen LogP contribution in [0, 0.1) is 0 Å². The van der Waals surface area contributed by atoms with Crippen molar-refractivity contribution in [1.29, 1.82) is 0 Å². The van der Waals surface area contributed by atoms with Gasteiger partial charge in [0.05, 0.1) is 0 Å². The Morgan fingerprint density at radius 3 is 3.14 bits per heavy atom.